The van der Waals surface area contributed by atoms with E-state index in [1.807, 2.05) is 27.7 Å². The Bertz CT molecular complexity index is 685. The SMILES string of the molecule is CCCCC(CNC(=O)OC(C)(C)C)NC(=NCc1ccc(C(N)=O)o1)NCC.I. The zero-order valence-electron chi connectivity index (χ0n) is 18.5. The molecule has 10 heteroatoms. The molecule has 1 unspecified atom stereocenters. The molecule has 5 N–H and O–H groups in total. The number of amides is 2. The van der Waals surface area contributed by atoms with Gasteiger partial charge >= 0.3 is 6.09 Å². The summed E-state index contributed by atoms with van der Waals surface area (Å²) < 4.78 is 10.7. The number of carbonyl (C=O) groups is 2. The molecule has 0 aromatic carbocycles. The molecule has 0 bridgehead atoms. The average Bonchev–Trinajstić information content (AvgIpc) is 3.10. The van der Waals surface area contributed by atoms with Crippen molar-refractivity contribution >= 4 is 41.9 Å². The number of furan rings is 1. The summed E-state index contributed by atoms with van der Waals surface area (Å²) in [5.41, 5.74) is 4.66. The van der Waals surface area contributed by atoms with E-state index >= 15 is 0 Å². The number of primary amides is 1. The third-order valence-electron chi connectivity index (χ3n) is 3.78. The molecular formula is C20H36IN5O4. The summed E-state index contributed by atoms with van der Waals surface area (Å²) in [4.78, 5) is 27.6. The van der Waals surface area contributed by atoms with Gasteiger partial charge in [0, 0.05) is 19.1 Å². The molecule has 172 valence electrons. The highest BCUT2D eigenvalue weighted by atomic mass is 127. The average molecular weight is 537 g/mol. The Morgan fingerprint density at radius 3 is 2.47 bits per heavy atom. The normalized spacial score (nSPS) is 12.5. The number of nitrogens with two attached hydrogens (primary N) is 1. The molecule has 2 amide bonds. The fourth-order valence-corrected chi connectivity index (χ4v) is 2.46. The van der Waals surface area contributed by atoms with Gasteiger partial charge in [-0.05, 0) is 46.2 Å². The van der Waals surface area contributed by atoms with Crippen molar-refractivity contribution in [3.05, 3.63) is 23.7 Å². The van der Waals surface area contributed by atoms with E-state index in [4.69, 9.17) is 14.9 Å². The van der Waals surface area contributed by atoms with Crippen LogP contribution in [0.1, 0.15) is 70.2 Å². The van der Waals surface area contributed by atoms with Gasteiger partial charge in [-0.3, -0.25) is 4.79 Å². The minimum atomic E-state index is -0.613. The van der Waals surface area contributed by atoms with Crippen LogP contribution in [-0.2, 0) is 11.3 Å². The topological polar surface area (TPSA) is 131 Å². The number of nitrogens with one attached hydrogen (secondary N) is 3. The second kappa shape index (κ2) is 14.1. The van der Waals surface area contributed by atoms with Crippen LogP contribution in [0.25, 0.3) is 0 Å². The predicted octanol–water partition coefficient (Wildman–Crippen LogP) is 3.14. The lowest BCUT2D eigenvalue weighted by Crippen LogP contribution is -2.49. The number of ether oxygens (including phenoxy) is 1. The summed E-state index contributed by atoms with van der Waals surface area (Å²) in [7, 11) is 0. The fraction of sp³-hybridized carbons (Fsp3) is 0.650. The third-order valence-corrected chi connectivity index (χ3v) is 3.78. The van der Waals surface area contributed by atoms with Crippen LogP contribution in [0.3, 0.4) is 0 Å². The Hall–Kier alpha value is -1.98. The first-order valence-corrected chi connectivity index (χ1v) is 10.0. The van der Waals surface area contributed by atoms with Gasteiger partial charge in [-0.15, -0.1) is 24.0 Å². The van der Waals surface area contributed by atoms with Crippen molar-refractivity contribution in [2.45, 2.75) is 72.1 Å². The molecule has 0 saturated heterocycles. The molecule has 0 aliphatic heterocycles. The van der Waals surface area contributed by atoms with Crippen molar-refractivity contribution in [3.63, 3.8) is 0 Å². The highest BCUT2D eigenvalue weighted by Gasteiger charge is 2.18. The van der Waals surface area contributed by atoms with Gasteiger partial charge in [-0.25, -0.2) is 9.79 Å². The summed E-state index contributed by atoms with van der Waals surface area (Å²) in [5.74, 6) is 0.623. The number of carbonyl (C=O) groups excluding carboxylic acids is 2. The number of aliphatic imine (C=N–C) groups is 1. The maximum absolute atomic E-state index is 12.0. The van der Waals surface area contributed by atoms with Crippen molar-refractivity contribution in [1.29, 1.82) is 0 Å². The molecule has 1 aromatic rings. The van der Waals surface area contributed by atoms with Gasteiger partial charge in [0.1, 0.15) is 17.9 Å². The van der Waals surface area contributed by atoms with Gasteiger partial charge in [-0.1, -0.05) is 19.8 Å². The number of nitrogens with zero attached hydrogens (tertiary/aromatic N) is 1. The lowest BCUT2D eigenvalue weighted by molar-refractivity contribution is 0.0522. The van der Waals surface area contributed by atoms with Crippen molar-refractivity contribution in [3.8, 4) is 0 Å². The van der Waals surface area contributed by atoms with Crippen LogP contribution in [0.4, 0.5) is 4.79 Å². The monoisotopic (exact) mass is 537 g/mol. The van der Waals surface area contributed by atoms with Crippen LogP contribution in [0.2, 0.25) is 0 Å². The molecule has 9 nitrogen and oxygen atoms in total. The maximum Gasteiger partial charge on any atom is 0.407 e. The van der Waals surface area contributed by atoms with E-state index in [1.165, 1.54) is 6.07 Å². The van der Waals surface area contributed by atoms with Gasteiger partial charge < -0.3 is 30.8 Å². The number of hydrogen-bond acceptors (Lipinski definition) is 5. The largest absolute Gasteiger partial charge is 0.454 e. The predicted molar refractivity (Wildman–Crippen MR) is 128 cm³/mol. The summed E-state index contributed by atoms with van der Waals surface area (Å²) in [5, 5.41) is 9.33. The van der Waals surface area contributed by atoms with E-state index in [0.717, 1.165) is 19.3 Å². The van der Waals surface area contributed by atoms with E-state index in [2.05, 4.69) is 27.9 Å². The van der Waals surface area contributed by atoms with E-state index in [1.54, 1.807) is 6.07 Å². The van der Waals surface area contributed by atoms with Crippen LogP contribution < -0.4 is 21.7 Å². The standard InChI is InChI=1S/C20H35N5O4.HI/c1-6-8-9-14(12-24-19(27)29-20(3,4)5)25-18(22-7-2)23-13-15-10-11-16(28-15)17(21)26;/h10-11,14H,6-9,12-13H2,1-5H3,(H2,21,26)(H,24,27)(H2,22,23,25);1H. The fourth-order valence-electron chi connectivity index (χ4n) is 2.46. The molecular weight excluding hydrogens is 501 g/mol. The molecule has 1 heterocycles. The Labute approximate surface area is 196 Å². The Kier molecular flexibility index (Phi) is 13.2. The highest BCUT2D eigenvalue weighted by Crippen LogP contribution is 2.09. The van der Waals surface area contributed by atoms with Crippen LogP contribution in [0.15, 0.2) is 21.5 Å². The van der Waals surface area contributed by atoms with Gasteiger partial charge in [-0.2, -0.15) is 0 Å². The molecule has 0 aliphatic carbocycles. The van der Waals surface area contributed by atoms with Gasteiger partial charge in [0.05, 0.1) is 0 Å². The Morgan fingerprint density at radius 1 is 1.23 bits per heavy atom. The number of alkyl carbamates (subject to hydrolysis) is 1. The molecule has 0 spiro atoms. The number of halogens is 1. The van der Waals surface area contributed by atoms with Gasteiger partial charge in [0.25, 0.3) is 5.91 Å². The minimum Gasteiger partial charge on any atom is -0.454 e. The summed E-state index contributed by atoms with van der Waals surface area (Å²) >= 11 is 0. The molecule has 0 radical (unpaired) electrons. The van der Waals surface area contributed by atoms with E-state index in [0.29, 0.717) is 24.8 Å². The van der Waals surface area contributed by atoms with E-state index in [-0.39, 0.29) is 42.3 Å². The molecule has 30 heavy (non-hydrogen) atoms. The summed E-state index contributed by atoms with van der Waals surface area (Å²) in [6.45, 7) is 10.9. The molecule has 0 aliphatic rings. The molecule has 1 aromatic heterocycles. The zero-order chi connectivity index (χ0) is 21.9. The molecule has 1 rings (SSSR count). The molecule has 0 fully saturated rings. The highest BCUT2D eigenvalue weighted by molar-refractivity contribution is 14.0. The molecule has 1 atom stereocenters. The van der Waals surface area contributed by atoms with Gasteiger partial charge in [0.2, 0.25) is 0 Å². The lowest BCUT2D eigenvalue weighted by Gasteiger charge is -2.24. The second-order valence-corrected chi connectivity index (χ2v) is 7.69. The second-order valence-electron chi connectivity index (χ2n) is 7.69. The van der Waals surface area contributed by atoms with Crippen molar-refractivity contribution in [1.82, 2.24) is 16.0 Å². The van der Waals surface area contributed by atoms with Gasteiger partial charge in [0.15, 0.2) is 11.7 Å². The van der Waals surface area contributed by atoms with Crippen molar-refractivity contribution < 1.29 is 18.7 Å². The van der Waals surface area contributed by atoms with Crippen molar-refractivity contribution in [2.75, 3.05) is 13.1 Å². The van der Waals surface area contributed by atoms with Crippen LogP contribution >= 0.6 is 24.0 Å². The zero-order valence-corrected chi connectivity index (χ0v) is 20.9. The van der Waals surface area contributed by atoms with Crippen LogP contribution in [0, 0.1) is 0 Å². The van der Waals surface area contributed by atoms with E-state index < -0.39 is 17.6 Å². The van der Waals surface area contributed by atoms with E-state index in [9.17, 15) is 9.59 Å². The first-order valence-electron chi connectivity index (χ1n) is 10.0. The number of guanidine groups is 1. The van der Waals surface area contributed by atoms with Crippen LogP contribution in [0.5, 0.6) is 0 Å². The summed E-state index contributed by atoms with van der Waals surface area (Å²) in [6, 6.07) is 3.19. The number of rotatable bonds is 10. The minimum absolute atomic E-state index is 0. The number of unbranched alkanes of at least 4 members (excludes halogenated alkanes) is 1. The Balaban J connectivity index is 0.00000841. The quantitative estimate of drug-likeness (QED) is 0.206. The first kappa shape index (κ1) is 28.0. The lowest BCUT2D eigenvalue weighted by atomic mass is 10.1. The first-order chi connectivity index (χ1) is 13.6. The maximum atomic E-state index is 12.0. The third kappa shape index (κ3) is 11.9. The number of hydrogen-bond donors (Lipinski definition) is 4. The van der Waals surface area contributed by atoms with Crippen LogP contribution in [-0.4, -0.2) is 42.7 Å². The Morgan fingerprint density at radius 2 is 1.93 bits per heavy atom. The van der Waals surface area contributed by atoms with Crippen molar-refractivity contribution in [2.24, 2.45) is 10.7 Å². The summed E-state index contributed by atoms with van der Waals surface area (Å²) in [6.07, 6.45) is 2.47. The molecule has 0 saturated carbocycles. The smallest absolute Gasteiger partial charge is 0.407 e.